The number of carbonyl (C=O) groups is 1. The van der Waals surface area contributed by atoms with Gasteiger partial charge in [-0.05, 0) is 62.2 Å². The summed E-state index contributed by atoms with van der Waals surface area (Å²) in [5, 5.41) is 3.07. The van der Waals surface area contributed by atoms with Crippen molar-refractivity contribution in [3.63, 3.8) is 0 Å². The molecule has 0 aliphatic carbocycles. The van der Waals surface area contributed by atoms with Crippen molar-refractivity contribution in [1.82, 2.24) is 5.32 Å². The van der Waals surface area contributed by atoms with Gasteiger partial charge in [0.2, 0.25) is 5.91 Å². The van der Waals surface area contributed by atoms with Crippen molar-refractivity contribution in [3.8, 4) is 11.5 Å². The number of nitrogens with two attached hydrogens (primary N) is 1. The molecule has 0 aliphatic rings. The summed E-state index contributed by atoms with van der Waals surface area (Å²) in [7, 11) is 1.85. The Labute approximate surface area is 135 Å². The minimum Gasteiger partial charge on any atom is -0.457 e. The SMILES string of the molecule is CNCc1cc(C(N)=O)ccc1Oc1ccc(SC)c(C)c1. The van der Waals surface area contributed by atoms with Crippen LogP contribution in [0.25, 0.3) is 0 Å². The molecular weight excluding hydrogens is 296 g/mol. The number of aryl methyl sites for hydroxylation is 1. The van der Waals surface area contributed by atoms with Crippen LogP contribution >= 0.6 is 11.8 Å². The molecule has 0 aromatic heterocycles. The van der Waals surface area contributed by atoms with Crippen molar-refractivity contribution in [1.29, 1.82) is 0 Å². The first-order chi connectivity index (χ1) is 10.5. The van der Waals surface area contributed by atoms with E-state index in [9.17, 15) is 4.79 Å². The fourth-order valence-corrected chi connectivity index (χ4v) is 2.79. The summed E-state index contributed by atoms with van der Waals surface area (Å²) in [6.07, 6.45) is 2.05. The molecule has 0 saturated heterocycles. The lowest BCUT2D eigenvalue weighted by molar-refractivity contribution is 0.1000. The summed E-state index contributed by atoms with van der Waals surface area (Å²) >= 11 is 1.71. The van der Waals surface area contributed by atoms with Crippen LogP contribution in [0.4, 0.5) is 0 Å². The van der Waals surface area contributed by atoms with Crippen LogP contribution in [0.3, 0.4) is 0 Å². The molecule has 0 heterocycles. The van der Waals surface area contributed by atoms with E-state index in [-0.39, 0.29) is 0 Å². The first-order valence-electron chi connectivity index (χ1n) is 6.95. The summed E-state index contributed by atoms with van der Waals surface area (Å²) < 4.78 is 5.98. The fraction of sp³-hybridized carbons (Fsp3) is 0.235. The molecule has 0 aliphatic heterocycles. The molecule has 0 atom stereocenters. The summed E-state index contributed by atoms with van der Waals surface area (Å²) in [4.78, 5) is 12.5. The van der Waals surface area contributed by atoms with Gasteiger partial charge >= 0.3 is 0 Å². The largest absolute Gasteiger partial charge is 0.457 e. The minimum atomic E-state index is -0.441. The molecule has 1 amide bonds. The first-order valence-corrected chi connectivity index (χ1v) is 8.17. The zero-order chi connectivity index (χ0) is 16.1. The highest BCUT2D eigenvalue weighted by Gasteiger charge is 2.09. The predicted octanol–water partition coefficient (Wildman–Crippen LogP) is 3.33. The first kappa shape index (κ1) is 16.4. The molecule has 0 saturated carbocycles. The van der Waals surface area contributed by atoms with Crippen molar-refractivity contribution < 1.29 is 9.53 Å². The van der Waals surface area contributed by atoms with Gasteiger partial charge in [-0.15, -0.1) is 11.8 Å². The maximum Gasteiger partial charge on any atom is 0.248 e. The van der Waals surface area contributed by atoms with Gasteiger partial charge in [0.25, 0.3) is 0 Å². The van der Waals surface area contributed by atoms with E-state index >= 15 is 0 Å². The van der Waals surface area contributed by atoms with Gasteiger partial charge in [-0.3, -0.25) is 4.79 Å². The predicted molar refractivity (Wildman–Crippen MR) is 90.8 cm³/mol. The van der Waals surface area contributed by atoms with Gasteiger partial charge < -0.3 is 15.8 Å². The number of rotatable bonds is 6. The lowest BCUT2D eigenvalue weighted by Gasteiger charge is -2.13. The van der Waals surface area contributed by atoms with Crippen LogP contribution in [0.1, 0.15) is 21.5 Å². The van der Waals surface area contributed by atoms with E-state index in [2.05, 4.69) is 18.5 Å². The van der Waals surface area contributed by atoms with E-state index in [1.807, 2.05) is 25.2 Å². The van der Waals surface area contributed by atoms with Crippen LogP contribution < -0.4 is 15.8 Å². The molecule has 5 heteroatoms. The molecule has 2 aromatic rings. The van der Waals surface area contributed by atoms with Crippen molar-refractivity contribution in [3.05, 3.63) is 53.1 Å². The molecule has 3 N–H and O–H groups in total. The molecule has 0 radical (unpaired) electrons. The van der Waals surface area contributed by atoms with E-state index in [1.165, 1.54) is 10.5 Å². The summed E-state index contributed by atoms with van der Waals surface area (Å²) in [6.45, 7) is 2.65. The maximum atomic E-state index is 11.3. The molecule has 0 unspecified atom stereocenters. The monoisotopic (exact) mass is 316 g/mol. The third-order valence-corrected chi connectivity index (χ3v) is 4.20. The Balaban J connectivity index is 2.31. The number of hydrogen-bond donors (Lipinski definition) is 2. The normalized spacial score (nSPS) is 10.5. The van der Waals surface area contributed by atoms with Crippen LogP contribution in [0.15, 0.2) is 41.3 Å². The van der Waals surface area contributed by atoms with Crippen molar-refractivity contribution >= 4 is 17.7 Å². The topological polar surface area (TPSA) is 64.3 Å². The molecule has 2 aromatic carbocycles. The Hall–Kier alpha value is -1.98. The Kier molecular flexibility index (Phi) is 5.46. The Morgan fingerprint density at radius 3 is 2.64 bits per heavy atom. The second kappa shape index (κ2) is 7.33. The standard InChI is InChI=1S/C17H20N2O2S/c1-11-8-14(5-7-16(11)22-3)21-15-6-4-12(17(18)20)9-13(15)10-19-2/h4-9,19H,10H2,1-3H3,(H2,18,20). The molecule has 0 spiro atoms. The summed E-state index contributed by atoms with van der Waals surface area (Å²) in [5.41, 5.74) is 7.88. The van der Waals surface area contributed by atoms with Crippen LogP contribution in [0.5, 0.6) is 11.5 Å². The van der Waals surface area contributed by atoms with E-state index < -0.39 is 5.91 Å². The highest BCUT2D eigenvalue weighted by Crippen LogP contribution is 2.30. The molecule has 2 rings (SSSR count). The lowest BCUT2D eigenvalue weighted by Crippen LogP contribution is -2.13. The van der Waals surface area contributed by atoms with Crippen LogP contribution in [0, 0.1) is 6.92 Å². The van der Waals surface area contributed by atoms with E-state index in [0.717, 1.165) is 17.1 Å². The van der Waals surface area contributed by atoms with Gasteiger partial charge in [-0.25, -0.2) is 0 Å². The molecule has 22 heavy (non-hydrogen) atoms. The minimum absolute atomic E-state index is 0.441. The number of thioether (sulfide) groups is 1. The van der Waals surface area contributed by atoms with E-state index in [4.69, 9.17) is 10.5 Å². The molecule has 4 nitrogen and oxygen atoms in total. The number of primary amides is 1. The number of ether oxygens (including phenoxy) is 1. The zero-order valence-corrected chi connectivity index (χ0v) is 13.8. The highest BCUT2D eigenvalue weighted by atomic mass is 32.2. The van der Waals surface area contributed by atoms with Crippen LogP contribution in [-0.2, 0) is 6.54 Å². The molecule has 0 fully saturated rings. The summed E-state index contributed by atoms with van der Waals surface area (Å²) in [6, 6.07) is 11.2. The highest BCUT2D eigenvalue weighted by molar-refractivity contribution is 7.98. The van der Waals surface area contributed by atoms with Gasteiger partial charge in [-0.2, -0.15) is 0 Å². The fourth-order valence-electron chi connectivity index (χ4n) is 2.20. The van der Waals surface area contributed by atoms with Gasteiger partial charge in [0, 0.05) is 22.6 Å². The van der Waals surface area contributed by atoms with Crippen molar-refractivity contribution in [2.24, 2.45) is 5.73 Å². The van der Waals surface area contributed by atoms with Crippen molar-refractivity contribution in [2.75, 3.05) is 13.3 Å². The third-order valence-electron chi connectivity index (χ3n) is 3.31. The number of amides is 1. The van der Waals surface area contributed by atoms with Crippen molar-refractivity contribution in [2.45, 2.75) is 18.4 Å². The number of carbonyl (C=O) groups excluding carboxylic acids is 1. The number of benzene rings is 2. The smallest absolute Gasteiger partial charge is 0.248 e. The second-order valence-corrected chi connectivity index (χ2v) is 5.80. The van der Waals surface area contributed by atoms with Crippen LogP contribution in [0.2, 0.25) is 0 Å². The quantitative estimate of drug-likeness (QED) is 0.802. The Bertz CT molecular complexity index is 686. The van der Waals surface area contributed by atoms with Crippen LogP contribution in [-0.4, -0.2) is 19.2 Å². The molecular formula is C17H20N2O2S. The van der Waals surface area contributed by atoms with Gasteiger partial charge in [0.05, 0.1) is 0 Å². The Morgan fingerprint density at radius 1 is 1.27 bits per heavy atom. The molecule has 0 bridgehead atoms. The summed E-state index contributed by atoms with van der Waals surface area (Å²) in [5.74, 6) is 1.05. The number of hydrogen-bond acceptors (Lipinski definition) is 4. The Morgan fingerprint density at radius 2 is 2.05 bits per heavy atom. The average Bonchev–Trinajstić information content (AvgIpc) is 2.49. The lowest BCUT2D eigenvalue weighted by atomic mass is 10.1. The third kappa shape index (κ3) is 3.81. The van der Waals surface area contributed by atoms with Gasteiger partial charge in [0.1, 0.15) is 11.5 Å². The second-order valence-electron chi connectivity index (χ2n) is 4.95. The van der Waals surface area contributed by atoms with E-state index in [1.54, 1.807) is 30.0 Å². The van der Waals surface area contributed by atoms with E-state index in [0.29, 0.717) is 12.1 Å². The van der Waals surface area contributed by atoms with Gasteiger partial charge in [0.15, 0.2) is 0 Å². The molecule has 116 valence electrons. The van der Waals surface area contributed by atoms with Gasteiger partial charge in [-0.1, -0.05) is 0 Å². The average molecular weight is 316 g/mol. The number of nitrogens with one attached hydrogen (secondary N) is 1. The zero-order valence-electron chi connectivity index (χ0n) is 13.0. The maximum absolute atomic E-state index is 11.3.